The second-order valence-corrected chi connectivity index (χ2v) is 20.8. The number of hydrogen-bond donors (Lipinski definition) is 0. The van der Waals surface area contributed by atoms with Gasteiger partial charge in [-0.25, -0.2) is 22.8 Å². The summed E-state index contributed by atoms with van der Waals surface area (Å²) in [6, 6.07) is 60.5. The van der Waals surface area contributed by atoms with E-state index in [0.717, 1.165) is 62.4 Å². The van der Waals surface area contributed by atoms with E-state index in [1.165, 1.54) is 58.6 Å². The Kier molecular flexibility index (Phi) is 18.0. The number of aryl methyl sites for hydroxylation is 13. The molecule has 0 fully saturated rings. The van der Waals surface area contributed by atoms with E-state index < -0.39 is 31.9 Å². The van der Waals surface area contributed by atoms with Crippen LogP contribution in [0, 0.1) is 41.5 Å². The lowest BCUT2D eigenvalue weighted by atomic mass is 9.94. The van der Waals surface area contributed by atoms with Gasteiger partial charge in [-0.15, -0.1) is 0 Å². The minimum atomic E-state index is -2.39. The topological polar surface area (TPSA) is 19.4 Å². The van der Waals surface area contributed by atoms with Crippen molar-refractivity contribution in [2.24, 2.45) is 35.2 Å². The number of hydrogen-bond acceptors (Lipinski definition) is 0. The van der Waals surface area contributed by atoms with Crippen LogP contribution in [-0.4, -0.2) is 0 Å². The van der Waals surface area contributed by atoms with Gasteiger partial charge < -0.3 is 0 Å². The molecule has 5 heteroatoms. The summed E-state index contributed by atoms with van der Waals surface area (Å²) in [6.07, 6.45) is 9.60. The zero-order valence-corrected chi connectivity index (χ0v) is 50.7. The molecule has 10 aromatic rings. The molecule has 0 aliphatic heterocycles. The van der Waals surface area contributed by atoms with E-state index in [-0.39, 0.29) is 0 Å². The first kappa shape index (κ1) is 48.7. The lowest BCUT2D eigenvalue weighted by molar-refractivity contribution is -0.660. The fraction of sp³-hybridized carbons (Fsp3) is 0.276. The molecular formula is C76H92N5+5. The van der Waals surface area contributed by atoms with Gasteiger partial charge in [-0.1, -0.05) is 132 Å². The predicted molar refractivity (Wildman–Crippen MR) is 341 cm³/mol. The van der Waals surface area contributed by atoms with Crippen LogP contribution in [0.1, 0.15) is 123 Å². The van der Waals surface area contributed by atoms with Crippen molar-refractivity contribution in [3.05, 3.63) is 269 Å². The minimum Gasteiger partial charge on any atom is -0.201 e. The Morgan fingerprint density at radius 2 is 0.852 bits per heavy atom. The zero-order valence-electron chi connectivity index (χ0n) is 60.7. The first-order chi connectivity index (χ1) is 42.6. The highest BCUT2D eigenvalue weighted by Gasteiger charge is 2.20. The molecule has 0 aliphatic carbocycles. The van der Waals surface area contributed by atoms with Gasteiger partial charge in [0.1, 0.15) is 35.2 Å². The molecule has 0 N–H and O–H groups in total. The fourth-order valence-corrected chi connectivity index (χ4v) is 9.87. The van der Waals surface area contributed by atoms with Crippen molar-refractivity contribution in [1.29, 1.82) is 0 Å². The lowest BCUT2D eigenvalue weighted by Crippen LogP contribution is -2.32. The Hall–Kier alpha value is -8.15. The molecule has 0 saturated carbocycles. The highest BCUT2D eigenvalue weighted by atomic mass is 14.9. The number of nitrogens with zero attached hydrogens (tertiary/aromatic N) is 5. The summed E-state index contributed by atoms with van der Waals surface area (Å²) in [6.45, 7) is 14.4. The summed E-state index contributed by atoms with van der Waals surface area (Å²) >= 11 is 0. The molecule has 0 radical (unpaired) electrons. The van der Waals surface area contributed by atoms with Crippen molar-refractivity contribution in [2.45, 2.75) is 108 Å². The lowest BCUT2D eigenvalue weighted by Gasteiger charge is -2.11. The quantitative estimate of drug-likeness (QED) is 0.128. The van der Waals surface area contributed by atoms with Gasteiger partial charge in [-0.2, -0.15) is 0 Å². The molecular weight excluding hydrogens is 983 g/mol. The summed E-state index contributed by atoms with van der Waals surface area (Å²) < 4.78 is 88.6. The smallest absolute Gasteiger partial charge is 0.201 e. The molecule has 416 valence electrons. The predicted octanol–water partition coefficient (Wildman–Crippen LogP) is 16.1. The van der Waals surface area contributed by atoms with Crippen LogP contribution in [0.2, 0.25) is 0 Å². The second kappa shape index (κ2) is 29.9. The Balaban J connectivity index is 0.000000182. The van der Waals surface area contributed by atoms with E-state index in [4.69, 9.17) is 13.7 Å². The molecule has 0 amide bonds. The molecule has 2 atom stereocenters. The van der Waals surface area contributed by atoms with Crippen LogP contribution in [-0.2, 0) is 48.0 Å². The molecule has 2 unspecified atom stereocenters. The maximum absolute atomic E-state index is 8.40. The maximum Gasteiger partial charge on any atom is 0.215 e. The van der Waals surface area contributed by atoms with Crippen LogP contribution < -0.4 is 22.8 Å². The number of pyridine rings is 5. The molecule has 5 nitrogen and oxygen atoms in total. The van der Waals surface area contributed by atoms with Crippen LogP contribution >= 0.6 is 0 Å². The average Bonchev–Trinajstić information content (AvgIpc) is 0.841. The van der Waals surface area contributed by atoms with E-state index >= 15 is 0 Å². The summed E-state index contributed by atoms with van der Waals surface area (Å²) in [7, 11) is 9.93. The van der Waals surface area contributed by atoms with Crippen molar-refractivity contribution < 1.29 is 36.5 Å². The molecule has 10 rings (SSSR count). The number of aromatic nitrogens is 5. The third-order valence-corrected chi connectivity index (χ3v) is 14.6. The van der Waals surface area contributed by atoms with Crippen molar-refractivity contribution in [2.75, 3.05) is 0 Å². The molecule has 81 heavy (non-hydrogen) atoms. The SMILES string of the molecule is CCc1cc[n+](C)c(-c2ccccc2C)c1.Cc1ccc(-c2cccc[n+]2C)c(C)c1.[2H]C([2H])(C)c1ccc[n+](C)c1-c1ccccc1C.[2H]C([2H])([2H])C([2H])(C)c1cc[n+](C)c(-c2ccccc2C)c1.[2H]C([2H])([2H])C([2H])(C)c1ccc[n+](C)c1-c1ccccc1C. The summed E-state index contributed by atoms with van der Waals surface area (Å²) in [5.41, 5.74) is 21.3. The first-order valence-electron chi connectivity index (χ1n) is 32.9. The van der Waals surface area contributed by atoms with Gasteiger partial charge >= 0.3 is 0 Å². The van der Waals surface area contributed by atoms with Gasteiger partial charge in [0.05, 0.1) is 0 Å². The molecule has 0 aliphatic rings. The largest absolute Gasteiger partial charge is 0.215 e. The molecule has 5 heterocycles. The maximum atomic E-state index is 8.40. The highest BCUT2D eigenvalue weighted by molar-refractivity contribution is 5.66. The van der Waals surface area contributed by atoms with E-state index in [1.54, 1.807) is 25.1 Å². The van der Waals surface area contributed by atoms with Gasteiger partial charge in [-0.3, -0.25) is 0 Å². The summed E-state index contributed by atoms with van der Waals surface area (Å²) in [5.74, 6) is -3.29. The summed E-state index contributed by atoms with van der Waals surface area (Å²) in [4.78, 5) is 0. The zero-order chi connectivity index (χ0) is 67.4. The Morgan fingerprint density at radius 3 is 1.37 bits per heavy atom. The molecule has 5 aromatic carbocycles. The van der Waals surface area contributed by atoms with Crippen molar-refractivity contribution >= 4 is 0 Å². The van der Waals surface area contributed by atoms with Gasteiger partial charge in [-0.05, 0) is 154 Å². The van der Waals surface area contributed by atoms with E-state index in [0.29, 0.717) is 11.1 Å². The Labute approximate surface area is 502 Å². The molecule has 0 spiro atoms. The van der Waals surface area contributed by atoms with Crippen LogP contribution in [0.15, 0.2) is 213 Å². The third kappa shape index (κ3) is 16.5. The molecule has 5 aromatic heterocycles. The van der Waals surface area contributed by atoms with Crippen LogP contribution in [0.25, 0.3) is 56.3 Å². The first-order valence-corrected chi connectivity index (χ1v) is 27.9. The standard InChI is InChI=1S/2C16H20N.2C15H18N.C14H16N/c1-12(2)14-10-7-11-17(4)16(14)15-9-6-5-8-13(15)3;1-12(2)14-9-10-17(4)16(11-14)15-8-6-5-7-13(15)3;1-4-13-9-7-11-16(3)15(13)14-10-6-5-8-12(14)2;1-4-13-9-10-16(3)15(11-13)14-8-6-5-7-12(14)2;1-11-7-8-13(12(2)10-11)14-6-4-5-9-15(14)3/h2*5-12H,1-4H3;2*5-11H,4H2,1-3H3;4-10H,1-3H3/q5*+1/i2*1D3,12D;4D2;;. The minimum absolute atomic E-state index is 0.499. The third-order valence-electron chi connectivity index (χ3n) is 14.6. The van der Waals surface area contributed by atoms with Gasteiger partial charge in [0.15, 0.2) is 31.0 Å². The van der Waals surface area contributed by atoms with Crippen molar-refractivity contribution in [1.82, 2.24) is 0 Å². The monoisotopic (exact) mass is 1080 g/mol. The molecule has 0 bridgehead atoms. The van der Waals surface area contributed by atoms with E-state index in [1.807, 2.05) is 158 Å². The number of rotatable bonds is 9. The van der Waals surface area contributed by atoms with Gasteiger partial charge in [0.2, 0.25) is 28.5 Å². The van der Waals surface area contributed by atoms with Crippen molar-refractivity contribution in [3.8, 4) is 56.3 Å². The fourth-order valence-electron chi connectivity index (χ4n) is 9.87. The normalized spacial score (nSPS) is 14.4. The van der Waals surface area contributed by atoms with E-state index in [9.17, 15) is 0 Å². The van der Waals surface area contributed by atoms with Crippen molar-refractivity contribution in [3.63, 3.8) is 0 Å². The van der Waals surface area contributed by atoms with Gasteiger partial charge in [0, 0.05) is 101 Å². The van der Waals surface area contributed by atoms with Crippen LogP contribution in [0.5, 0.6) is 0 Å². The van der Waals surface area contributed by atoms with Crippen LogP contribution in [0.3, 0.4) is 0 Å². The number of benzene rings is 5. The molecule has 0 saturated heterocycles. The Morgan fingerprint density at radius 1 is 0.395 bits per heavy atom. The van der Waals surface area contributed by atoms with Gasteiger partial charge in [0.25, 0.3) is 0 Å². The van der Waals surface area contributed by atoms with Crippen LogP contribution in [0.4, 0.5) is 0 Å². The average molecular weight is 1090 g/mol. The second-order valence-electron chi connectivity index (χ2n) is 20.8. The Bertz CT molecular complexity index is 4100. The highest BCUT2D eigenvalue weighted by Crippen LogP contribution is 2.29. The van der Waals surface area contributed by atoms with E-state index in [2.05, 4.69) is 143 Å². The summed E-state index contributed by atoms with van der Waals surface area (Å²) in [5, 5.41) is 0.